The van der Waals surface area contributed by atoms with Crippen molar-refractivity contribution >= 4 is 20.3 Å². The molecule has 0 aromatic rings. The Balaban J connectivity index is 2.42. The lowest BCUT2D eigenvalue weighted by atomic mass is 10.4. The van der Waals surface area contributed by atoms with Gasteiger partial charge < -0.3 is 4.74 Å². The van der Waals surface area contributed by atoms with E-state index in [0.29, 0.717) is 14.1 Å². The number of rotatable bonds is 2. The summed E-state index contributed by atoms with van der Waals surface area (Å²) in [5, 5.41) is 0. The Labute approximate surface area is 66.6 Å². The molecule has 0 aliphatic carbocycles. The second-order valence-corrected chi connectivity index (χ2v) is 3.58. The second-order valence-electron chi connectivity index (χ2n) is 2.23. The molecule has 0 radical (unpaired) electrons. The molecule has 0 saturated carbocycles. The number of esters is 1. The molecule has 11 heavy (non-hydrogen) atoms. The summed E-state index contributed by atoms with van der Waals surface area (Å²) < 4.78 is 4.76. The number of carbonyl (C=O) groups is 2. The SMILES string of the molecule is CC(=O)C(=O)OC1=CCCP1. The fourth-order valence-electron chi connectivity index (χ4n) is 0.720. The quantitative estimate of drug-likeness (QED) is 0.355. The van der Waals surface area contributed by atoms with Gasteiger partial charge in [-0.3, -0.25) is 4.79 Å². The molecule has 4 heteroatoms. The van der Waals surface area contributed by atoms with Crippen LogP contribution in [0, 0.1) is 0 Å². The minimum Gasteiger partial charge on any atom is -0.421 e. The highest BCUT2D eigenvalue weighted by Gasteiger charge is 2.13. The van der Waals surface area contributed by atoms with Crippen LogP contribution in [0.5, 0.6) is 0 Å². The number of ether oxygens (including phenoxy) is 1. The van der Waals surface area contributed by atoms with Crippen LogP contribution in [0.1, 0.15) is 13.3 Å². The summed E-state index contributed by atoms with van der Waals surface area (Å²) in [5.41, 5.74) is 0.671. The van der Waals surface area contributed by atoms with Crippen LogP contribution >= 0.6 is 8.58 Å². The predicted molar refractivity (Wildman–Crippen MR) is 42.7 cm³/mol. The van der Waals surface area contributed by atoms with Crippen LogP contribution in [0.2, 0.25) is 0 Å². The van der Waals surface area contributed by atoms with Gasteiger partial charge in [0, 0.05) is 6.92 Å². The molecule has 1 rings (SSSR count). The third kappa shape index (κ3) is 2.43. The molecule has 1 aliphatic heterocycles. The standard InChI is InChI=1S/C7H9O3P/c1-5(8)7(9)10-6-3-2-4-11-6/h3,11H,2,4H2,1H3. The molecule has 0 spiro atoms. The Kier molecular flexibility index (Phi) is 2.77. The van der Waals surface area contributed by atoms with Gasteiger partial charge in [0.1, 0.15) is 5.50 Å². The van der Waals surface area contributed by atoms with Crippen molar-refractivity contribution < 1.29 is 14.3 Å². The highest BCUT2D eigenvalue weighted by molar-refractivity contribution is 7.43. The van der Waals surface area contributed by atoms with E-state index in [2.05, 4.69) is 0 Å². The van der Waals surface area contributed by atoms with E-state index in [9.17, 15) is 9.59 Å². The molecule has 1 unspecified atom stereocenters. The van der Waals surface area contributed by atoms with Crippen molar-refractivity contribution in [1.29, 1.82) is 0 Å². The fourth-order valence-corrected chi connectivity index (χ4v) is 1.71. The second kappa shape index (κ2) is 3.63. The third-order valence-corrected chi connectivity index (χ3v) is 2.46. The van der Waals surface area contributed by atoms with E-state index in [1.807, 2.05) is 6.08 Å². The van der Waals surface area contributed by atoms with Crippen LogP contribution in [0.25, 0.3) is 0 Å². The van der Waals surface area contributed by atoms with Gasteiger partial charge in [-0.1, -0.05) is 8.58 Å². The van der Waals surface area contributed by atoms with Gasteiger partial charge in [0.05, 0.1) is 0 Å². The summed E-state index contributed by atoms with van der Waals surface area (Å²) in [6.45, 7) is 1.21. The number of allylic oxidation sites excluding steroid dienone is 1. The Bertz CT molecular complexity index is 220. The molecule has 60 valence electrons. The first kappa shape index (κ1) is 8.41. The van der Waals surface area contributed by atoms with Crippen LogP contribution in [0.15, 0.2) is 11.6 Å². The summed E-state index contributed by atoms with van der Waals surface area (Å²) >= 11 is 0. The van der Waals surface area contributed by atoms with Gasteiger partial charge >= 0.3 is 5.97 Å². The number of hydrogen-bond donors (Lipinski definition) is 0. The lowest BCUT2D eigenvalue weighted by Crippen LogP contribution is -2.11. The maximum Gasteiger partial charge on any atom is 0.379 e. The van der Waals surface area contributed by atoms with Crippen LogP contribution in [0.4, 0.5) is 0 Å². The van der Waals surface area contributed by atoms with Gasteiger partial charge in [0.2, 0.25) is 5.78 Å². The molecule has 0 aromatic carbocycles. The number of ketones is 1. The van der Waals surface area contributed by atoms with Crippen LogP contribution in [0.3, 0.4) is 0 Å². The van der Waals surface area contributed by atoms with Gasteiger partial charge in [-0.2, -0.15) is 0 Å². The van der Waals surface area contributed by atoms with Gasteiger partial charge in [0.15, 0.2) is 0 Å². The first-order chi connectivity index (χ1) is 5.20. The molecule has 0 fully saturated rings. The topological polar surface area (TPSA) is 43.4 Å². The van der Waals surface area contributed by atoms with Crippen molar-refractivity contribution in [3.63, 3.8) is 0 Å². The summed E-state index contributed by atoms with van der Waals surface area (Å²) in [7, 11) is 0.551. The summed E-state index contributed by atoms with van der Waals surface area (Å²) in [4.78, 5) is 21.1. The number of hydrogen-bond acceptors (Lipinski definition) is 3. The van der Waals surface area contributed by atoms with E-state index in [1.165, 1.54) is 6.92 Å². The maximum absolute atomic E-state index is 10.7. The largest absolute Gasteiger partial charge is 0.421 e. The highest BCUT2D eigenvalue weighted by atomic mass is 31.1. The van der Waals surface area contributed by atoms with Crippen molar-refractivity contribution in [2.75, 3.05) is 6.16 Å². The molecule has 0 saturated heterocycles. The first-order valence-electron chi connectivity index (χ1n) is 3.37. The molecule has 0 amide bonds. The summed E-state index contributed by atoms with van der Waals surface area (Å²) in [6, 6.07) is 0. The molecule has 1 heterocycles. The molecule has 1 atom stereocenters. The molecule has 0 bridgehead atoms. The number of Topliss-reactive ketones (excluding diaryl/α,β-unsaturated/α-hetero) is 1. The van der Waals surface area contributed by atoms with E-state index < -0.39 is 11.8 Å². The van der Waals surface area contributed by atoms with Crippen molar-refractivity contribution in [3.8, 4) is 0 Å². The van der Waals surface area contributed by atoms with E-state index in [-0.39, 0.29) is 0 Å². The van der Waals surface area contributed by atoms with E-state index in [1.54, 1.807) is 0 Å². The number of carbonyl (C=O) groups excluding carboxylic acids is 2. The average molecular weight is 172 g/mol. The molecular weight excluding hydrogens is 163 g/mol. The predicted octanol–water partition coefficient (Wildman–Crippen LogP) is 1.04. The average Bonchev–Trinajstić information content (AvgIpc) is 2.39. The Morgan fingerprint density at radius 3 is 2.82 bits per heavy atom. The smallest absolute Gasteiger partial charge is 0.379 e. The lowest BCUT2D eigenvalue weighted by molar-refractivity contribution is -0.149. The van der Waals surface area contributed by atoms with E-state index in [0.717, 1.165) is 12.6 Å². The first-order valence-corrected chi connectivity index (χ1v) is 4.57. The highest BCUT2D eigenvalue weighted by Crippen LogP contribution is 2.31. The molecule has 3 nitrogen and oxygen atoms in total. The molecule has 0 aromatic heterocycles. The zero-order valence-electron chi connectivity index (χ0n) is 6.22. The Morgan fingerprint density at radius 1 is 1.64 bits per heavy atom. The van der Waals surface area contributed by atoms with Crippen LogP contribution in [-0.4, -0.2) is 17.9 Å². The minimum absolute atomic E-state index is 0.539. The van der Waals surface area contributed by atoms with Gasteiger partial charge in [-0.05, 0) is 18.7 Å². The fraction of sp³-hybridized carbons (Fsp3) is 0.429. The summed E-state index contributed by atoms with van der Waals surface area (Å²) in [6.07, 6.45) is 3.86. The van der Waals surface area contributed by atoms with Crippen LogP contribution < -0.4 is 0 Å². The van der Waals surface area contributed by atoms with Crippen molar-refractivity contribution in [3.05, 3.63) is 11.6 Å². The van der Waals surface area contributed by atoms with E-state index in [4.69, 9.17) is 4.74 Å². The van der Waals surface area contributed by atoms with E-state index >= 15 is 0 Å². The lowest BCUT2D eigenvalue weighted by Gasteiger charge is -1.99. The zero-order chi connectivity index (χ0) is 8.27. The van der Waals surface area contributed by atoms with Gasteiger partial charge in [-0.15, -0.1) is 0 Å². The molecule has 0 N–H and O–H groups in total. The molecule has 1 aliphatic rings. The van der Waals surface area contributed by atoms with Crippen molar-refractivity contribution in [2.45, 2.75) is 13.3 Å². The normalized spacial score (nSPS) is 18.1. The maximum atomic E-state index is 10.7. The van der Waals surface area contributed by atoms with Crippen molar-refractivity contribution in [2.24, 2.45) is 0 Å². The van der Waals surface area contributed by atoms with Crippen LogP contribution in [-0.2, 0) is 14.3 Å². The zero-order valence-corrected chi connectivity index (χ0v) is 7.22. The summed E-state index contributed by atoms with van der Waals surface area (Å²) in [5.74, 6) is -1.28. The Morgan fingerprint density at radius 2 is 2.36 bits per heavy atom. The Hall–Kier alpha value is -0.690. The van der Waals surface area contributed by atoms with Crippen molar-refractivity contribution in [1.82, 2.24) is 0 Å². The van der Waals surface area contributed by atoms with Gasteiger partial charge in [-0.25, -0.2) is 4.79 Å². The third-order valence-electron chi connectivity index (χ3n) is 1.26. The van der Waals surface area contributed by atoms with Gasteiger partial charge in [0.25, 0.3) is 0 Å². The minimum atomic E-state index is -0.745. The molecular formula is C7H9O3P. The monoisotopic (exact) mass is 172 g/mol.